The number of amides is 1. The standard InChI is InChI=1S/C23H26FN3O2/c1-15-16(2)26-21-8-5-18(13-20(15)21)23(28)25-14-22(27-9-11-29-12-10-27)17-3-6-19(24)7-4-17/h3-8,13,22,26H,9-12,14H2,1-2H3,(H,25,28)/p+1/t22-/m1/s1. The second-order valence-electron chi connectivity index (χ2n) is 7.72. The number of halogens is 1. The van der Waals surface area contributed by atoms with Crippen molar-refractivity contribution >= 4 is 16.8 Å². The molecule has 0 spiro atoms. The van der Waals surface area contributed by atoms with E-state index in [0.29, 0.717) is 25.3 Å². The number of hydrogen-bond donors (Lipinski definition) is 3. The van der Waals surface area contributed by atoms with E-state index in [9.17, 15) is 9.18 Å². The summed E-state index contributed by atoms with van der Waals surface area (Å²) >= 11 is 0. The summed E-state index contributed by atoms with van der Waals surface area (Å²) in [7, 11) is 0. The van der Waals surface area contributed by atoms with Crippen LogP contribution in [0.4, 0.5) is 4.39 Å². The van der Waals surface area contributed by atoms with Crippen LogP contribution in [0.25, 0.3) is 10.9 Å². The molecule has 29 heavy (non-hydrogen) atoms. The van der Waals surface area contributed by atoms with Gasteiger partial charge in [0.05, 0.1) is 19.8 Å². The molecular formula is C23H27FN3O2+. The van der Waals surface area contributed by atoms with Crippen LogP contribution >= 0.6 is 0 Å². The summed E-state index contributed by atoms with van der Waals surface area (Å²) in [6.07, 6.45) is 0. The highest BCUT2D eigenvalue weighted by atomic mass is 19.1. The SMILES string of the molecule is Cc1[nH]c2ccc(C(=O)NC[C@H](c3ccc(F)cc3)[NH+]3CCOCC3)cc2c1C. The van der Waals surface area contributed by atoms with Crippen molar-refractivity contribution in [1.82, 2.24) is 10.3 Å². The molecule has 152 valence electrons. The number of aromatic nitrogens is 1. The van der Waals surface area contributed by atoms with Crippen molar-refractivity contribution in [1.29, 1.82) is 0 Å². The van der Waals surface area contributed by atoms with Crippen LogP contribution in [-0.2, 0) is 4.74 Å². The third kappa shape index (κ3) is 4.18. The minimum absolute atomic E-state index is 0.0587. The van der Waals surface area contributed by atoms with Gasteiger partial charge >= 0.3 is 0 Å². The van der Waals surface area contributed by atoms with E-state index in [-0.39, 0.29) is 17.8 Å². The fourth-order valence-corrected chi connectivity index (χ4v) is 4.07. The molecule has 0 radical (unpaired) electrons. The first kappa shape index (κ1) is 19.6. The first-order valence-corrected chi connectivity index (χ1v) is 10.1. The molecule has 1 saturated heterocycles. The zero-order chi connectivity index (χ0) is 20.4. The summed E-state index contributed by atoms with van der Waals surface area (Å²) in [5, 5.41) is 4.17. The molecule has 3 aromatic rings. The second kappa shape index (κ2) is 8.35. The molecule has 1 aliphatic rings. The number of H-pyrrole nitrogens is 1. The van der Waals surface area contributed by atoms with Crippen LogP contribution in [0.5, 0.6) is 0 Å². The maximum absolute atomic E-state index is 13.4. The van der Waals surface area contributed by atoms with Gasteiger partial charge in [0.25, 0.3) is 5.91 Å². The number of rotatable bonds is 5. The Balaban J connectivity index is 1.52. The van der Waals surface area contributed by atoms with Crippen molar-refractivity contribution in [3.05, 3.63) is 70.7 Å². The van der Waals surface area contributed by atoms with E-state index in [1.54, 1.807) is 0 Å². The fraction of sp³-hybridized carbons (Fsp3) is 0.348. The highest BCUT2D eigenvalue weighted by Gasteiger charge is 2.27. The van der Waals surface area contributed by atoms with Gasteiger partial charge in [0.2, 0.25) is 0 Å². The highest BCUT2D eigenvalue weighted by molar-refractivity contribution is 5.99. The fourth-order valence-electron chi connectivity index (χ4n) is 4.07. The summed E-state index contributed by atoms with van der Waals surface area (Å²) in [5.74, 6) is -0.344. The summed E-state index contributed by atoms with van der Waals surface area (Å²) in [6.45, 7) is 7.71. The molecule has 5 nitrogen and oxygen atoms in total. The largest absolute Gasteiger partial charge is 0.370 e. The van der Waals surface area contributed by atoms with E-state index in [2.05, 4.69) is 17.2 Å². The van der Waals surface area contributed by atoms with Gasteiger partial charge in [-0.1, -0.05) is 12.1 Å². The van der Waals surface area contributed by atoms with E-state index in [1.165, 1.54) is 17.0 Å². The Morgan fingerprint density at radius 2 is 1.90 bits per heavy atom. The molecule has 6 heteroatoms. The van der Waals surface area contributed by atoms with Gasteiger partial charge in [0, 0.05) is 27.7 Å². The number of aromatic amines is 1. The molecule has 3 N–H and O–H groups in total. The number of nitrogens with one attached hydrogen (secondary N) is 3. The summed E-state index contributed by atoms with van der Waals surface area (Å²) < 4.78 is 18.9. The van der Waals surface area contributed by atoms with Crippen molar-refractivity contribution in [2.75, 3.05) is 32.8 Å². The Morgan fingerprint density at radius 1 is 1.17 bits per heavy atom. The van der Waals surface area contributed by atoms with E-state index < -0.39 is 0 Å². The van der Waals surface area contributed by atoms with Gasteiger partial charge in [-0.25, -0.2) is 4.39 Å². The lowest BCUT2D eigenvalue weighted by molar-refractivity contribution is -0.937. The molecule has 0 bridgehead atoms. The maximum atomic E-state index is 13.4. The molecule has 4 rings (SSSR count). The Kier molecular flexibility index (Phi) is 5.65. The maximum Gasteiger partial charge on any atom is 0.251 e. The van der Waals surface area contributed by atoms with Gasteiger partial charge in [-0.15, -0.1) is 0 Å². The number of hydrogen-bond acceptors (Lipinski definition) is 2. The third-order valence-electron chi connectivity index (χ3n) is 5.94. The smallest absolute Gasteiger partial charge is 0.251 e. The minimum Gasteiger partial charge on any atom is -0.370 e. The molecule has 1 aromatic heterocycles. The lowest BCUT2D eigenvalue weighted by atomic mass is 10.0. The van der Waals surface area contributed by atoms with Crippen LogP contribution in [0, 0.1) is 19.7 Å². The van der Waals surface area contributed by atoms with Gasteiger partial charge in [-0.2, -0.15) is 0 Å². The quantitative estimate of drug-likeness (QED) is 0.620. The first-order chi connectivity index (χ1) is 14.0. The normalized spacial score (nSPS) is 16.1. The van der Waals surface area contributed by atoms with E-state index >= 15 is 0 Å². The van der Waals surface area contributed by atoms with Crippen LogP contribution in [-0.4, -0.2) is 43.7 Å². The average molecular weight is 396 g/mol. The van der Waals surface area contributed by atoms with Crippen molar-refractivity contribution in [2.24, 2.45) is 0 Å². The van der Waals surface area contributed by atoms with Crippen molar-refractivity contribution < 1.29 is 18.8 Å². The first-order valence-electron chi connectivity index (χ1n) is 10.1. The van der Waals surface area contributed by atoms with Crippen LogP contribution < -0.4 is 10.2 Å². The van der Waals surface area contributed by atoms with Crippen molar-refractivity contribution in [3.8, 4) is 0 Å². The Bertz CT molecular complexity index is 1010. The number of aryl methyl sites for hydroxylation is 2. The number of morpholine rings is 1. The molecule has 1 aliphatic heterocycles. The monoisotopic (exact) mass is 396 g/mol. The molecular weight excluding hydrogens is 369 g/mol. The van der Waals surface area contributed by atoms with E-state index in [4.69, 9.17) is 4.74 Å². The molecule has 0 saturated carbocycles. The number of carbonyl (C=O) groups excluding carboxylic acids is 1. The molecule has 2 aromatic carbocycles. The predicted octanol–water partition coefficient (Wildman–Crippen LogP) is 2.31. The lowest BCUT2D eigenvalue weighted by Gasteiger charge is -2.32. The molecule has 0 aliphatic carbocycles. The molecule has 0 unspecified atom stereocenters. The Hall–Kier alpha value is -2.70. The number of benzene rings is 2. The summed E-state index contributed by atoms with van der Waals surface area (Å²) in [5.41, 5.74) is 4.99. The third-order valence-corrected chi connectivity index (χ3v) is 5.94. The number of carbonyl (C=O) groups is 1. The number of quaternary nitrogens is 1. The molecule has 1 amide bonds. The second-order valence-corrected chi connectivity index (χ2v) is 7.72. The summed E-state index contributed by atoms with van der Waals surface area (Å²) in [4.78, 5) is 17.5. The Morgan fingerprint density at radius 3 is 2.62 bits per heavy atom. The van der Waals surface area contributed by atoms with Crippen molar-refractivity contribution in [3.63, 3.8) is 0 Å². The summed E-state index contributed by atoms with van der Waals surface area (Å²) in [6, 6.07) is 12.4. The zero-order valence-electron chi connectivity index (χ0n) is 16.8. The molecule has 2 heterocycles. The predicted molar refractivity (Wildman–Crippen MR) is 111 cm³/mol. The lowest BCUT2D eigenvalue weighted by Crippen LogP contribution is -3.15. The van der Waals surface area contributed by atoms with E-state index in [0.717, 1.165) is 40.8 Å². The van der Waals surface area contributed by atoms with Crippen LogP contribution in [0.15, 0.2) is 42.5 Å². The van der Waals surface area contributed by atoms with Crippen LogP contribution in [0.1, 0.15) is 33.2 Å². The highest BCUT2D eigenvalue weighted by Crippen LogP contribution is 2.22. The molecule has 1 fully saturated rings. The average Bonchev–Trinajstić information content (AvgIpc) is 3.03. The van der Waals surface area contributed by atoms with Crippen LogP contribution in [0.2, 0.25) is 0 Å². The topological polar surface area (TPSA) is 58.6 Å². The van der Waals surface area contributed by atoms with Crippen molar-refractivity contribution in [2.45, 2.75) is 19.9 Å². The van der Waals surface area contributed by atoms with Gasteiger partial charge in [0.15, 0.2) is 0 Å². The Labute approximate surface area is 169 Å². The number of ether oxygens (including phenoxy) is 1. The van der Waals surface area contributed by atoms with Crippen LogP contribution in [0.3, 0.4) is 0 Å². The van der Waals surface area contributed by atoms with Gasteiger partial charge in [-0.3, -0.25) is 4.79 Å². The van der Waals surface area contributed by atoms with Gasteiger partial charge in [-0.05, 0) is 49.7 Å². The zero-order valence-corrected chi connectivity index (χ0v) is 16.8. The van der Waals surface area contributed by atoms with Gasteiger partial charge in [0.1, 0.15) is 24.9 Å². The van der Waals surface area contributed by atoms with Gasteiger partial charge < -0.3 is 19.9 Å². The van der Waals surface area contributed by atoms with E-state index in [1.807, 2.05) is 37.3 Å². The minimum atomic E-state index is -0.251. The number of fused-ring (bicyclic) bond motifs is 1. The molecule has 1 atom stereocenters.